The van der Waals surface area contributed by atoms with E-state index in [-0.39, 0.29) is 39.7 Å². The first-order chi connectivity index (χ1) is 10.6. The van der Waals surface area contributed by atoms with Gasteiger partial charge in [-0.05, 0) is 12.1 Å². The number of carboxylic acids is 1. The number of hydrogen-bond donors (Lipinski definition) is 2. The molecule has 0 aliphatic heterocycles. The molecule has 0 aliphatic carbocycles. The Morgan fingerprint density at radius 3 is 2.68 bits per heavy atom. The van der Waals surface area contributed by atoms with Crippen molar-refractivity contribution < 1.29 is 14.3 Å². The number of rotatable bonds is 5. The van der Waals surface area contributed by atoms with Gasteiger partial charge in [-0.15, -0.1) is 11.8 Å². The van der Waals surface area contributed by atoms with Gasteiger partial charge in [-0.1, -0.05) is 0 Å². The highest BCUT2D eigenvalue weighted by molar-refractivity contribution is 7.99. The fourth-order valence-corrected chi connectivity index (χ4v) is 2.73. The predicted molar refractivity (Wildman–Crippen MR) is 78.8 cm³/mol. The largest absolute Gasteiger partial charge is 0.481 e. The summed E-state index contributed by atoms with van der Waals surface area (Å²) in [6.07, 6.45) is 1.35. The third-order valence-electron chi connectivity index (χ3n) is 2.74. The van der Waals surface area contributed by atoms with Crippen LogP contribution in [0.15, 0.2) is 27.8 Å². The van der Waals surface area contributed by atoms with Crippen LogP contribution in [0.25, 0.3) is 11.3 Å². The predicted octanol–water partition coefficient (Wildman–Crippen LogP) is 2.23. The van der Waals surface area contributed by atoms with E-state index in [9.17, 15) is 15.3 Å². The zero-order valence-electron chi connectivity index (χ0n) is 11.2. The van der Waals surface area contributed by atoms with Crippen LogP contribution < -0.4 is 5.73 Å². The molecule has 0 radical (unpaired) electrons. The summed E-state index contributed by atoms with van der Waals surface area (Å²) in [4.78, 5) is 14.6. The molecular formula is C14H10N4O3S. The van der Waals surface area contributed by atoms with Gasteiger partial charge in [0, 0.05) is 5.75 Å². The number of carbonyl (C=O) groups is 1. The summed E-state index contributed by atoms with van der Waals surface area (Å²) in [5.41, 5.74) is 6.27. The normalized spacial score (nSPS) is 9.91. The number of thioether (sulfide) groups is 1. The molecular weight excluding hydrogens is 304 g/mol. The molecule has 0 aromatic carbocycles. The van der Waals surface area contributed by atoms with Crippen molar-refractivity contribution in [3.63, 3.8) is 0 Å². The number of nitrogens with zero attached hydrogens (tertiary/aromatic N) is 3. The van der Waals surface area contributed by atoms with E-state index in [0.29, 0.717) is 5.76 Å². The third kappa shape index (κ3) is 3.03. The lowest BCUT2D eigenvalue weighted by Gasteiger charge is -2.10. The monoisotopic (exact) mass is 314 g/mol. The first-order valence-electron chi connectivity index (χ1n) is 6.10. The van der Waals surface area contributed by atoms with Crippen LogP contribution in [0.1, 0.15) is 17.5 Å². The highest BCUT2D eigenvalue weighted by Crippen LogP contribution is 2.35. The topological polar surface area (TPSA) is 137 Å². The van der Waals surface area contributed by atoms with Gasteiger partial charge in [-0.2, -0.15) is 10.5 Å². The molecule has 110 valence electrons. The number of carboxylic acid groups (broad SMARTS) is 1. The second-order valence-electron chi connectivity index (χ2n) is 4.12. The molecule has 2 aromatic heterocycles. The number of nitrogens with two attached hydrogens (primary N) is 1. The third-order valence-corrected chi connectivity index (χ3v) is 3.71. The Balaban J connectivity index is 2.55. The summed E-state index contributed by atoms with van der Waals surface area (Å²) in [6.45, 7) is 0. The van der Waals surface area contributed by atoms with Gasteiger partial charge in [-0.3, -0.25) is 4.79 Å². The Bertz CT molecular complexity index is 788. The maximum absolute atomic E-state index is 10.6. The molecule has 0 fully saturated rings. The van der Waals surface area contributed by atoms with Gasteiger partial charge in [0.25, 0.3) is 0 Å². The van der Waals surface area contributed by atoms with Crippen LogP contribution in [-0.2, 0) is 4.79 Å². The van der Waals surface area contributed by atoms with E-state index in [1.807, 2.05) is 12.1 Å². The number of anilines is 1. The molecule has 0 saturated heterocycles. The molecule has 2 aromatic rings. The molecule has 2 rings (SSSR count). The van der Waals surface area contributed by atoms with Crippen molar-refractivity contribution in [2.24, 2.45) is 0 Å². The minimum atomic E-state index is -0.945. The zero-order chi connectivity index (χ0) is 16.1. The average molecular weight is 314 g/mol. The number of nitrogen functional groups attached to an aromatic ring is 1. The van der Waals surface area contributed by atoms with E-state index in [1.54, 1.807) is 12.1 Å². The highest BCUT2D eigenvalue weighted by atomic mass is 32.2. The first-order valence-corrected chi connectivity index (χ1v) is 7.09. The molecule has 0 unspecified atom stereocenters. The second kappa shape index (κ2) is 6.66. The van der Waals surface area contributed by atoms with E-state index in [0.717, 1.165) is 11.8 Å². The van der Waals surface area contributed by atoms with Gasteiger partial charge in [0.2, 0.25) is 0 Å². The maximum Gasteiger partial charge on any atom is 0.304 e. The summed E-state index contributed by atoms with van der Waals surface area (Å²) < 4.78 is 5.27. The van der Waals surface area contributed by atoms with Crippen molar-refractivity contribution >= 4 is 23.5 Å². The van der Waals surface area contributed by atoms with Crippen molar-refractivity contribution in [2.45, 2.75) is 11.4 Å². The SMILES string of the molecule is N#Cc1c(N)nc(SCCC(=O)O)c(C#N)c1-c1ccco1. The molecule has 22 heavy (non-hydrogen) atoms. The Labute approximate surface area is 130 Å². The van der Waals surface area contributed by atoms with Crippen molar-refractivity contribution in [2.75, 3.05) is 11.5 Å². The molecule has 7 nitrogen and oxygen atoms in total. The summed E-state index contributed by atoms with van der Waals surface area (Å²) in [7, 11) is 0. The Morgan fingerprint density at radius 2 is 2.14 bits per heavy atom. The number of hydrogen-bond acceptors (Lipinski definition) is 7. The van der Waals surface area contributed by atoms with Crippen molar-refractivity contribution in [1.82, 2.24) is 4.98 Å². The zero-order valence-corrected chi connectivity index (χ0v) is 12.1. The van der Waals surface area contributed by atoms with Crippen molar-refractivity contribution in [1.29, 1.82) is 10.5 Å². The molecule has 0 saturated carbocycles. The van der Waals surface area contributed by atoms with Gasteiger partial charge in [-0.25, -0.2) is 4.98 Å². The standard InChI is InChI=1S/C14H10N4O3S/c15-6-8-12(10-2-1-4-21-10)9(7-16)14(18-13(8)17)22-5-3-11(19)20/h1-2,4H,3,5H2,(H2,17,18)(H,19,20). The number of nitriles is 2. The Morgan fingerprint density at radius 1 is 1.41 bits per heavy atom. The first kappa shape index (κ1) is 15.4. The molecule has 2 heterocycles. The van der Waals surface area contributed by atoms with Gasteiger partial charge in [0.15, 0.2) is 0 Å². The number of aliphatic carboxylic acids is 1. The van der Waals surface area contributed by atoms with Gasteiger partial charge in [0.1, 0.15) is 34.3 Å². The van der Waals surface area contributed by atoms with E-state index < -0.39 is 5.97 Å². The van der Waals surface area contributed by atoms with Crippen LogP contribution in [0.5, 0.6) is 0 Å². The molecule has 0 atom stereocenters. The van der Waals surface area contributed by atoms with Gasteiger partial charge < -0.3 is 15.3 Å². The van der Waals surface area contributed by atoms with Crippen LogP contribution in [0.3, 0.4) is 0 Å². The molecule has 8 heteroatoms. The Kier molecular flexibility index (Phi) is 4.66. The fourth-order valence-electron chi connectivity index (χ4n) is 1.80. The van der Waals surface area contributed by atoms with Crippen molar-refractivity contribution in [3.8, 4) is 23.5 Å². The molecule has 0 spiro atoms. The second-order valence-corrected chi connectivity index (χ2v) is 5.20. The maximum atomic E-state index is 10.6. The van der Waals surface area contributed by atoms with Crippen LogP contribution in [0.4, 0.5) is 5.82 Å². The van der Waals surface area contributed by atoms with E-state index in [1.165, 1.54) is 6.26 Å². The van der Waals surface area contributed by atoms with Crippen LogP contribution in [0.2, 0.25) is 0 Å². The van der Waals surface area contributed by atoms with Crippen molar-refractivity contribution in [3.05, 3.63) is 29.5 Å². The molecule has 0 bridgehead atoms. The lowest BCUT2D eigenvalue weighted by Crippen LogP contribution is -2.04. The molecule has 0 aliphatic rings. The quantitative estimate of drug-likeness (QED) is 0.801. The van der Waals surface area contributed by atoms with E-state index >= 15 is 0 Å². The van der Waals surface area contributed by atoms with Gasteiger partial charge >= 0.3 is 5.97 Å². The highest BCUT2D eigenvalue weighted by Gasteiger charge is 2.22. The lowest BCUT2D eigenvalue weighted by atomic mass is 10.0. The number of aromatic nitrogens is 1. The van der Waals surface area contributed by atoms with Crippen LogP contribution in [0, 0.1) is 22.7 Å². The van der Waals surface area contributed by atoms with Gasteiger partial charge in [0.05, 0.1) is 23.8 Å². The van der Waals surface area contributed by atoms with E-state index in [2.05, 4.69) is 4.98 Å². The smallest absolute Gasteiger partial charge is 0.304 e. The number of pyridine rings is 1. The summed E-state index contributed by atoms with van der Waals surface area (Å²) in [5, 5.41) is 27.6. The average Bonchev–Trinajstić information content (AvgIpc) is 3.00. The van der Waals surface area contributed by atoms with E-state index in [4.69, 9.17) is 15.3 Å². The summed E-state index contributed by atoms with van der Waals surface area (Å²) >= 11 is 1.10. The van der Waals surface area contributed by atoms with Crippen LogP contribution >= 0.6 is 11.8 Å². The molecule has 0 amide bonds. The fraction of sp³-hybridized carbons (Fsp3) is 0.143. The summed E-state index contributed by atoms with van der Waals surface area (Å²) in [6, 6.07) is 7.17. The minimum absolute atomic E-state index is 0.0225. The molecule has 3 N–H and O–H groups in total. The minimum Gasteiger partial charge on any atom is -0.481 e. The summed E-state index contributed by atoms with van der Waals surface area (Å²) in [5.74, 6) is -0.396. The Hall–Kier alpha value is -2.97. The van der Waals surface area contributed by atoms with Crippen LogP contribution in [-0.4, -0.2) is 21.8 Å². The number of furan rings is 1. The lowest BCUT2D eigenvalue weighted by molar-refractivity contribution is -0.136.